The van der Waals surface area contributed by atoms with Gasteiger partial charge in [-0.1, -0.05) is 30.3 Å². The number of rotatable bonds is 5. The molecule has 2 aromatic carbocycles. The van der Waals surface area contributed by atoms with Crippen molar-refractivity contribution < 1.29 is 23.4 Å². The average molecular weight is 443 g/mol. The summed E-state index contributed by atoms with van der Waals surface area (Å²) in [5, 5.41) is 10.8. The van der Waals surface area contributed by atoms with E-state index in [4.69, 9.17) is 4.74 Å². The van der Waals surface area contributed by atoms with Gasteiger partial charge < -0.3 is 14.7 Å². The van der Waals surface area contributed by atoms with Crippen molar-refractivity contribution >= 4 is 11.7 Å². The number of likely N-dealkylation sites (N-methyl/N-ethyl adjacent to an activating group) is 1. The summed E-state index contributed by atoms with van der Waals surface area (Å²) in [6.07, 6.45) is 3.46. The molecule has 2 fully saturated rings. The smallest absolute Gasteiger partial charge is 0.412 e. The Morgan fingerprint density at radius 3 is 1.97 bits per heavy atom. The lowest BCUT2D eigenvalue weighted by atomic mass is 9.82. The third-order valence-electron chi connectivity index (χ3n) is 6.84. The van der Waals surface area contributed by atoms with Crippen LogP contribution in [0.25, 0.3) is 5.57 Å². The number of likely N-dealkylation sites (tertiary alicyclic amines) is 1. The minimum Gasteiger partial charge on any atom is -0.437 e. The molecule has 2 aliphatic rings. The zero-order valence-electron chi connectivity index (χ0n) is 18.4. The molecule has 1 atom stereocenters. The van der Waals surface area contributed by atoms with Crippen molar-refractivity contribution in [3.05, 3.63) is 77.4 Å². The standard InChI is InChI=1S/C25H28F2N2O3/c1-24(31)25(32-23(30)28(24)2)13-16-29(17-14-25)15-3-4-22(18-5-9-20(26)10-6-18)19-7-11-21(27)12-8-19/h4-12,31H,3,13-17H2,1-2H3. The molecule has 1 unspecified atom stereocenters. The second kappa shape index (κ2) is 8.64. The van der Waals surface area contributed by atoms with Crippen LogP contribution in [0.2, 0.25) is 0 Å². The number of aliphatic hydroxyl groups is 1. The van der Waals surface area contributed by atoms with Crippen LogP contribution in [-0.2, 0) is 4.74 Å². The summed E-state index contributed by atoms with van der Waals surface area (Å²) in [5.74, 6) is -0.604. The van der Waals surface area contributed by atoms with E-state index in [1.807, 2.05) is 0 Å². The molecule has 2 aromatic rings. The summed E-state index contributed by atoms with van der Waals surface area (Å²) in [6, 6.07) is 12.6. The van der Waals surface area contributed by atoms with E-state index in [1.54, 1.807) is 38.2 Å². The Morgan fingerprint density at radius 2 is 1.53 bits per heavy atom. The third-order valence-corrected chi connectivity index (χ3v) is 6.84. The quantitative estimate of drug-likeness (QED) is 0.745. The van der Waals surface area contributed by atoms with Gasteiger partial charge in [-0.05, 0) is 54.3 Å². The summed E-state index contributed by atoms with van der Waals surface area (Å²) < 4.78 is 32.4. The van der Waals surface area contributed by atoms with Gasteiger partial charge in [0.25, 0.3) is 0 Å². The molecule has 5 nitrogen and oxygen atoms in total. The van der Waals surface area contributed by atoms with E-state index in [0.29, 0.717) is 25.9 Å². The molecule has 2 heterocycles. The average Bonchev–Trinajstić information content (AvgIpc) is 2.94. The van der Waals surface area contributed by atoms with Crippen LogP contribution in [0.5, 0.6) is 0 Å². The molecule has 0 saturated carbocycles. The number of benzene rings is 2. The Kier molecular flexibility index (Phi) is 6.05. The molecule has 4 rings (SSSR count). The molecule has 0 aromatic heterocycles. The molecule has 1 spiro atoms. The lowest BCUT2D eigenvalue weighted by molar-refractivity contribution is -0.160. The van der Waals surface area contributed by atoms with Crippen molar-refractivity contribution in [1.29, 1.82) is 0 Å². The minimum absolute atomic E-state index is 0.302. The number of carbonyl (C=O) groups excluding carboxylic acids is 1. The van der Waals surface area contributed by atoms with Gasteiger partial charge in [0.15, 0.2) is 11.3 Å². The highest BCUT2D eigenvalue weighted by Gasteiger charge is 2.61. The van der Waals surface area contributed by atoms with Gasteiger partial charge in [0.05, 0.1) is 0 Å². The maximum Gasteiger partial charge on any atom is 0.412 e. The summed E-state index contributed by atoms with van der Waals surface area (Å²) >= 11 is 0. The molecule has 2 aliphatic heterocycles. The lowest BCUT2D eigenvalue weighted by Crippen LogP contribution is -2.59. The highest BCUT2D eigenvalue weighted by molar-refractivity contribution is 5.79. The SMILES string of the molecule is CN1C(=O)OC2(CCN(CCC=C(c3ccc(F)cc3)c3ccc(F)cc3)CC2)C1(C)O. The van der Waals surface area contributed by atoms with Crippen LogP contribution in [0.4, 0.5) is 13.6 Å². The first-order valence-electron chi connectivity index (χ1n) is 10.9. The Labute approximate surface area is 186 Å². The maximum atomic E-state index is 13.4. The number of carbonyl (C=O) groups is 1. The molecule has 0 radical (unpaired) electrons. The monoisotopic (exact) mass is 442 g/mol. The van der Waals surface area contributed by atoms with E-state index in [9.17, 15) is 18.7 Å². The van der Waals surface area contributed by atoms with Crippen molar-refractivity contribution in [2.24, 2.45) is 0 Å². The Hall–Kier alpha value is -2.77. The van der Waals surface area contributed by atoms with Gasteiger partial charge in [0, 0.05) is 39.5 Å². The number of halogens is 2. The van der Waals surface area contributed by atoms with Crippen molar-refractivity contribution in [1.82, 2.24) is 9.80 Å². The van der Waals surface area contributed by atoms with Crippen molar-refractivity contribution in [3.63, 3.8) is 0 Å². The molecule has 0 bridgehead atoms. The molecular weight excluding hydrogens is 414 g/mol. The van der Waals surface area contributed by atoms with Crippen LogP contribution in [0, 0.1) is 11.6 Å². The number of hydrogen-bond acceptors (Lipinski definition) is 4. The molecule has 1 amide bonds. The lowest BCUT2D eigenvalue weighted by Gasteiger charge is -2.44. The van der Waals surface area contributed by atoms with Crippen LogP contribution in [0.3, 0.4) is 0 Å². The van der Waals surface area contributed by atoms with Crippen molar-refractivity contribution in [3.8, 4) is 0 Å². The first kappa shape index (κ1) is 22.4. The normalized spacial score (nSPS) is 22.8. The molecule has 1 N–H and O–H groups in total. The molecular formula is C25H28F2N2O3. The van der Waals surface area contributed by atoms with Gasteiger partial charge in [-0.15, -0.1) is 0 Å². The maximum absolute atomic E-state index is 13.4. The summed E-state index contributed by atoms with van der Waals surface area (Å²) in [6.45, 7) is 3.82. The highest BCUT2D eigenvalue weighted by Crippen LogP contribution is 2.43. The van der Waals surface area contributed by atoms with Crippen LogP contribution in [-0.4, -0.2) is 59.0 Å². The first-order valence-corrected chi connectivity index (χ1v) is 10.9. The number of nitrogens with zero attached hydrogens (tertiary/aromatic N) is 2. The van der Waals surface area contributed by atoms with Gasteiger partial charge in [0.1, 0.15) is 11.6 Å². The van der Waals surface area contributed by atoms with E-state index in [1.165, 1.54) is 29.2 Å². The van der Waals surface area contributed by atoms with E-state index in [2.05, 4.69) is 11.0 Å². The second-order valence-corrected chi connectivity index (χ2v) is 8.70. The largest absolute Gasteiger partial charge is 0.437 e. The van der Waals surface area contributed by atoms with Gasteiger partial charge >= 0.3 is 6.09 Å². The fourth-order valence-corrected chi connectivity index (χ4v) is 4.58. The van der Waals surface area contributed by atoms with Crippen molar-refractivity contribution in [2.75, 3.05) is 26.7 Å². The van der Waals surface area contributed by atoms with E-state index < -0.39 is 17.4 Å². The highest BCUT2D eigenvalue weighted by atomic mass is 19.1. The first-order chi connectivity index (χ1) is 15.2. The van der Waals surface area contributed by atoms with E-state index in [0.717, 1.165) is 29.7 Å². The topological polar surface area (TPSA) is 53.0 Å². The molecule has 170 valence electrons. The Morgan fingerprint density at radius 1 is 1.03 bits per heavy atom. The van der Waals surface area contributed by atoms with Crippen LogP contribution in [0.1, 0.15) is 37.3 Å². The van der Waals surface area contributed by atoms with Crippen LogP contribution >= 0.6 is 0 Å². The molecule has 7 heteroatoms. The zero-order valence-corrected chi connectivity index (χ0v) is 18.4. The Balaban J connectivity index is 1.44. The fourth-order valence-electron chi connectivity index (χ4n) is 4.58. The number of piperidine rings is 1. The predicted molar refractivity (Wildman–Crippen MR) is 118 cm³/mol. The van der Waals surface area contributed by atoms with Crippen LogP contribution in [0.15, 0.2) is 54.6 Å². The van der Waals surface area contributed by atoms with Gasteiger partial charge in [-0.3, -0.25) is 4.90 Å². The number of ether oxygens (including phenoxy) is 1. The molecule has 32 heavy (non-hydrogen) atoms. The summed E-state index contributed by atoms with van der Waals surface area (Å²) in [7, 11) is 1.56. The van der Waals surface area contributed by atoms with E-state index >= 15 is 0 Å². The Bertz CT molecular complexity index is 947. The molecule has 0 aliphatic carbocycles. The number of amides is 1. The second-order valence-electron chi connectivity index (χ2n) is 8.70. The summed E-state index contributed by atoms with van der Waals surface area (Å²) in [5.41, 5.74) is 0.459. The number of hydrogen-bond donors (Lipinski definition) is 1. The third kappa shape index (κ3) is 4.14. The molecule has 2 saturated heterocycles. The van der Waals surface area contributed by atoms with Crippen molar-refractivity contribution in [2.45, 2.75) is 37.5 Å². The fraction of sp³-hybridized carbons (Fsp3) is 0.400. The zero-order chi connectivity index (χ0) is 22.9. The van der Waals surface area contributed by atoms with Gasteiger partial charge in [0.2, 0.25) is 0 Å². The minimum atomic E-state index is -1.32. The van der Waals surface area contributed by atoms with Gasteiger partial charge in [-0.25, -0.2) is 13.6 Å². The van der Waals surface area contributed by atoms with E-state index in [-0.39, 0.29) is 11.6 Å². The summed E-state index contributed by atoms with van der Waals surface area (Å²) in [4.78, 5) is 15.5. The van der Waals surface area contributed by atoms with Crippen LogP contribution < -0.4 is 0 Å². The van der Waals surface area contributed by atoms with Gasteiger partial charge in [-0.2, -0.15) is 0 Å². The predicted octanol–water partition coefficient (Wildman–Crippen LogP) is 4.41.